The summed E-state index contributed by atoms with van der Waals surface area (Å²) in [4.78, 5) is 28.6. The van der Waals surface area contributed by atoms with Crippen LogP contribution in [0.2, 0.25) is 0 Å². The Bertz CT molecular complexity index is 576. The summed E-state index contributed by atoms with van der Waals surface area (Å²) in [5, 5.41) is 0. The van der Waals surface area contributed by atoms with Crippen molar-refractivity contribution in [2.75, 3.05) is 33.7 Å². The van der Waals surface area contributed by atoms with Gasteiger partial charge in [-0.15, -0.1) is 0 Å². The number of hydrogen-bond acceptors (Lipinski definition) is 3. The maximum atomic E-state index is 13.6. The Morgan fingerprint density at radius 1 is 1.39 bits per heavy atom. The lowest BCUT2D eigenvalue weighted by atomic mass is 9.98. The van der Waals surface area contributed by atoms with Crippen molar-refractivity contribution >= 4 is 11.7 Å². The van der Waals surface area contributed by atoms with Gasteiger partial charge in [-0.25, -0.2) is 4.39 Å². The Labute approximate surface area is 137 Å². The van der Waals surface area contributed by atoms with Gasteiger partial charge in [-0.1, -0.05) is 19.1 Å². The van der Waals surface area contributed by atoms with Gasteiger partial charge in [0.05, 0.1) is 5.56 Å². The van der Waals surface area contributed by atoms with Crippen LogP contribution in [0.25, 0.3) is 0 Å². The molecule has 23 heavy (non-hydrogen) atoms. The zero-order valence-electron chi connectivity index (χ0n) is 14.1. The lowest BCUT2D eigenvalue weighted by molar-refractivity contribution is -0.134. The fourth-order valence-corrected chi connectivity index (χ4v) is 3.19. The van der Waals surface area contributed by atoms with E-state index >= 15 is 0 Å². The summed E-state index contributed by atoms with van der Waals surface area (Å²) in [7, 11) is 3.86. The van der Waals surface area contributed by atoms with E-state index in [1.54, 1.807) is 31.0 Å². The molecular formula is C18H25FN2O2. The molecule has 1 aromatic rings. The number of carbonyl (C=O) groups excluding carboxylic acids is 2. The number of hydrogen-bond donors (Lipinski definition) is 0. The van der Waals surface area contributed by atoms with Gasteiger partial charge < -0.3 is 9.80 Å². The van der Waals surface area contributed by atoms with Gasteiger partial charge in [-0.2, -0.15) is 0 Å². The summed E-state index contributed by atoms with van der Waals surface area (Å²) in [6.45, 7) is 4.51. The minimum Gasteiger partial charge on any atom is -0.345 e. The Morgan fingerprint density at radius 3 is 2.70 bits per heavy atom. The van der Waals surface area contributed by atoms with Crippen molar-refractivity contribution in [2.24, 2.45) is 11.8 Å². The van der Waals surface area contributed by atoms with Gasteiger partial charge in [-0.3, -0.25) is 9.59 Å². The van der Waals surface area contributed by atoms with E-state index in [4.69, 9.17) is 0 Å². The molecule has 0 aliphatic carbocycles. The van der Waals surface area contributed by atoms with E-state index < -0.39 is 11.7 Å². The van der Waals surface area contributed by atoms with Crippen LogP contribution in [0.4, 0.5) is 4.39 Å². The van der Waals surface area contributed by atoms with Crippen LogP contribution in [-0.4, -0.2) is 55.2 Å². The first-order valence-electron chi connectivity index (χ1n) is 8.09. The normalized spacial score (nSPS) is 19.6. The van der Waals surface area contributed by atoms with Crippen molar-refractivity contribution in [1.82, 2.24) is 9.80 Å². The topological polar surface area (TPSA) is 40.6 Å². The van der Waals surface area contributed by atoms with E-state index in [1.165, 1.54) is 12.1 Å². The number of amides is 1. The first-order valence-corrected chi connectivity index (χ1v) is 8.09. The molecule has 0 unspecified atom stereocenters. The van der Waals surface area contributed by atoms with E-state index in [1.807, 2.05) is 0 Å². The Morgan fingerprint density at radius 2 is 2.09 bits per heavy atom. The van der Waals surface area contributed by atoms with Gasteiger partial charge >= 0.3 is 0 Å². The van der Waals surface area contributed by atoms with Crippen LogP contribution < -0.4 is 0 Å². The number of likely N-dealkylation sites (tertiary alicyclic amines) is 1. The molecule has 0 spiro atoms. The molecule has 0 aromatic heterocycles. The van der Waals surface area contributed by atoms with Crippen molar-refractivity contribution in [3.05, 3.63) is 35.6 Å². The Hall–Kier alpha value is -1.75. The second-order valence-corrected chi connectivity index (χ2v) is 6.64. The van der Waals surface area contributed by atoms with Crippen molar-refractivity contribution in [1.29, 1.82) is 0 Å². The second-order valence-electron chi connectivity index (χ2n) is 6.64. The molecule has 1 aliphatic heterocycles. The number of Topliss-reactive ketones (excluding diaryl/α,β-unsaturated/α-hetero) is 1. The molecule has 2 rings (SSSR count). The summed E-state index contributed by atoms with van der Waals surface area (Å²) in [6.07, 6.45) is 1.13. The van der Waals surface area contributed by atoms with E-state index in [-0.39, 0.29) is 23.7 Å². The summed E-state index contributed by atoms with van der Waals surface area (Å²) in [5.41, 5.74) is 0.0622. The van der Waals surface area contributed by atoms with Crippen LogP contribution in [0.15, 0.2) is 24.3 Å². The standard InChI is InChI=1S/C18H25FN2O2/c1-13(10-17(22)15-6-4-5-7-16(15)19)18(23)21(3)12-14-8-9-20(2)11-14/h4-7,13-14H,8-12H2,1-3H3/t13-,14+/m1/s1. The van der Waals surface area contributed by atoms with Crippen LogP contribution in [-0.2, 0) is 4.79 Å². The second kappa shape index (κ2) is 7.68. The molecule has 1 saturated heterocycles. The number of carbonyl (C=O) groups is 2. The molecule has 2 atom stereocenters. The zero-order valence-corrected chi connectivity index (χ0v) is 14.1. The molecule has 4 nitrogen and oxygen atoms in total. The quantitative estimate of drug-likeness (QED) is 0.756. The van der Waals surface area contributed by atoms with Gasteiger partial charge in [0, 0.05) is 32.5 Å². The lowest BCUT2D eigenvalue weighted by Crippen LogP contribution is -2.36. The number of benzene rings is 1. The van der Waals surface area contributed by atoms with Crippen molar-refractivity contribution < 1.29 is 14.0 Å². The summed E-state index contributed by atoms with van der Waals surface area (Å²) < 4.78 is 13.6. The predicted molar refractivity (Wildman–Crippen MR) is 87.8 cm³/mol. The Kier molecular flexibility index (Phi) is 5.88. The number of nitrogens with zero attached hydrogens (tertiary/aromatic N) is 2. The molecule has 1 heterocycles. The monoisotopic (exact) mass is 320 g/mol. The van der Waals surface area contributed by atoms with Crippen molar-refractivity contribution in [3.63, 3.8) is 0 Å². The lowest BCUT2D eigenvalue weighted by Gasteiger charge is -2.24. The highest BCUT2D eigenvalue weighted by Crippen LogP contribution is 2.18. The Balaban J connectivity index is 1.89. The third kappa shape index (κ3) is 4.61. The molecule has 5 heteroatoms. The summed E-state index contributed by atoms with van der Waals surface area (Å²) in [5.74, 6) is -0.851. The number of ketones is 1. The van der Waals surface area contributed by atoms with Crippen LogP contribution in [0.3, 0.4) is 0 Å². The van der Waals surface area contributed by atoms with Crippen molar-refractivity contribution in [3.8, 4) is 0 Å². The molecule has 0 radical (unpaired) electrons. The molecule has 0 bridgehead atoms. The predicted octanol–water partition coefficient (Wildman–Crippen LogP) is 2.44. The van der Waals surface area contributed by atoms with Crippen molar-refractivity contribution in [2.45, 2.75) is 19.8 Å². The van der Waals surface area contributed by atoms with E-state index in [0.717, 1.165) is 19.5 Å². The van der Waals surface area contributed by atoms with Crippen LogP contribution >= 0.6 is 0 Å². The molecular weight excluding hydrogens is 295 g/mol. The molecule has 0 saturated carbocycles. The average Bonchev–Trinajstić information content (AvgIpc) is 2.91. The number of halogens is 1. The summed E-state index contributed by atoms with van der Waals surface area (Å²) >= 11 is 0. The third-order valence-electron chi connectivity index (χ3n) is 4.48. The smallest absolute Gasteiger partial charge is 0.225 e. The summed E-state index contributed by atoms with van der Waals surface area (Å²) in [6, 6.07) is 5.91. The minimum atomic E-state index is -0.528. The van der Waals surface area contributed by atoms with Crippen LogP contribution in [0, 0.1) is 17.7 Å². The van der Waals surface area contributed by atoms with Gasteiger partial charge in [-0.05, 0) is 38.1 Å². The van der Waals surface area contributed by atoms with Gasteiger partial charge in [0.1, 0.15) is 5.82 Å². The maximum Gasteiger partial charge on any atom is 0.225 e. The zero-order chi connectivity index (χ0) is 17.0. The molecule has 1 aliphatic rings. The van der Waals surface area contributed by atoms with Crippen LogP contribution in [0.1, 0.15) is 30.1 Å². The maximum absolute atomic E-state index is 13.6. The third-order valence-corrected chi connectivity index (χ3v) is 4.48. The van der Waals surface area contributed by atoms with Gasteiger partial charge in [0.25, 0.3) is 0 Å². The van der Waals surface area contributed by atoms with E-state index in [9.17, 15) is 14.0 Å². The highest BCUT2D eigenvalue weighted by Gasteiger charge is 2.26. The minimum absolute atomic E-state index is 0.0364. The van der Waals surface area contributed by atoms with Crippen LogP contribution in [0.5, 0.6) is 0 Å². The molecule has 126 valence electrons. The highest BCUT2D eigenvalue weighted by molar-refractivity contribution is 5.98. The molecule has 1 aromatic carbocycles. The average molecular weight is 320 g/mol. The fourth-order valence-electron chi connectivity index (χ4n) is 3.19. The molecule has 1 amide bonds. The van der Waals surface area contributed by atoms with E-state index in [0.29, 0.717) is 12.5 Å². The first-order chi connectivity index (χ1) is 10.9. The number of rotatable bonds is 6. The largest absolute Gasteiger partial charge is 0.345 e. The van der Waals surface area contributed by atoms with E-state index in [2.05, 4.69) is 11.9 Å². The van der Waals surface area contributed by atoms with Gasteiger partial charge in [0.2, 0.25) is 5.91 Å². The molecule has 1 fully saturated rings. The SMILES string of the molecule is C[C@H](CC(=O)c1ccccc1F)C(=O)N(C)C[C@H]1CCN(C)C1. The first kappa shape index (κ1) is 17.6. The molecule has 0 N–H and O–H groups in total. The fraction of sp³-hybridized carbons (Fsp3) is 0.556. The highest BCUT2D eigenvalue weighted by atomic mass is 19.1. The van der Waals surface area contributed by atoms with Gasteiger partial charge in [0.15, 0.2) is 5.78 Å².